The molecule has 0 saturated carbocycles. The maximum Gasteiger partial charge on any atom is 0.238 e. The lowest BCUT2D eigenvalue weighted by atomic mass is 10.1. The summed E-state index contributed by atoms with van der Waals surface area (Å²) in [4.78, 5) is 11.3. The van der Waals surface area contributed by atoms with E-state index in [9.17, 15) is 4.79 Å². The van der Waals surface area contributed by atoms with E-state index in [1.807, 2.05) is 19.1 Å². The van der Waals surface area contributed by atoms with Gasteiger partial charge in [0.05, 0.1) is 6.04 Å². The van der Waals surface area contributed by atoms with Gasteiger partial charge in [-0.05, 0) is 31.5 Å². The smallest absolute Gasteiger partial charge is 0.238 e. The molecule has 0 aliphatic carbocycles. The highest BCUT2D eigenvalue weighted by atomic mass is 35.5. The Hall–Kier alpha value is -0.730. The molecule has 0 spiro atoms. The number of carbonyl (C=O) groups excluding carboxylic acids is 1. The lowest BCUT2D eigenvalue weighted by molar-refractivity contribution is -0.121. The van der Waals surface area contributed by atoms with Crippen LogP contribution < -0.4 is 5.32 Å². The van der Waals surface area contributed by atoms with Gasteiger partial charge in [-0.2, -0.15) is 0 Å². The number of hydrogen-bond donors (Lipinski definition) is 1. The zero-order chi connectivity index (χ0) is 11.4. The van der Waals surface area contributed by atoms with E-state index >= 15 is 0 Å². The Balaban J connectivity index is 2.65. The quantitative estimate of drug-likeness (QED) is 0.815. The van der Waals surface area contributed by atoms with E-state index < -0.39 is 5.38 Å². The first kappa shape index (κ1) is 12.3. The van der Waals surface area contributed by atoms with Crippen molar-refractivity contribution in [3.8, 4) is 0 Å². The number of alkyl halides is 1. The predicted octanol–water partition coefficient (Wildman–Crippen LogP) is 3.14. The van der Waals surface area contributed by atoms with Gasteiger partial charge in [-0.25, -0.2) is 0 Å². The molecule has 2 nitrogen and oxygen atoms in total. The second kappa shape index (κ2) is 5.38. The molecule has 1 amide bonds. The number of halogens is 2. The fourth-order valence-corrected chi connectivity index (χ4v) is 1.35. The van der Waals surface area contributed by atoms with Crippen LogP contribution in [-0.4, -0.2) is 11.3 Å². The highest BCUT2D eigenvalue weighted by molar-refractivity contribution is 6.30. The summed E-state index contributed by atoms with van der Waals surface area (Å²) in [7, 11) is 0. The van der Waals surface area contributed by atoms with Gasteiger partial charge in [-0.15, -0.1) is 11.6 Å². The number of hydrogen-bond acceptors (Lipinski definition) is 1. The van der Waals surface area contributed by atoms with Gasteiger partial charge < -0.3 is 5.32 Å². The number of carbonyl (C=O) groups is 1. The summed E-state index contributed by atoms with van der Waals surface area (Å²) in [6.45, 7) is 3.55. The molecule has 1 aromatic carbocycles. The first-order chi connectivity index (χ1) is 7.00. The van der Waals surface area contributed by atoms with Crippen molar-refractivity contribution in [2.75, 3.05) is 0 Å². The van der Waals surface area contributed by atoms with Crippen molar-refractivity contribution >= 4 is 29.1 Å². The summed E-state index contributed by atoms with van der Waals surface area (Å²) in [6.07, 6.45) is 0. The topological polar surface area (TPSA) is 29.1 Å². The van der Waals surface area contributed by atoms with Crippen LogP contribution in [0.2, 0.25) is 5.02 Å². The molecular weight excluding hydrogens is 233 g/mol. The Morgan fingerprint density at radius 3 is 2.27 bits per heavy atom. The van der Waals surface area contributed by atoms with E-state index in [4.69, 9.17) is 23.2 Å². The van der Waals surface area contributed by atoms with Crippen molar-refractivity contribution in [1.29, 1.82) is 0 Å². The Morgan fingerprint density at radius 1 is 1.27 bits per heavy atom. The van der Waals surface area contributed by atoms with E-state index in [1.165, 1.54) is 0 Å². The van der Waals surface area contributed by atoms with E-state index in [0.717, 1.165) is 5.56 Å². The Morgan fingerprint density at radius 2 is 1.80 bits per heavy atom. The van der Waals surface area contributed by atoms with Gasteiger partial charge in [-0.3, -0.25) is 4.79 Å². The molecule has 0 fully saturated rings. The van der Waals surface area contributed by atoms with Crippen LogP contribution >= 0.6 is 23.2 Å². The van der Waals surface area contributed by atoms with Gasteiger partial charge in [0.2, 0.25) is 5.91 Å². The summed E-state index contributed by atoms with van der Waals surface area (Å²) >= 11 is 11.4. The minimum Gasteiger partial charge on any atom is -0.348 e. The second-order valence-corrected chi connectivity index (χ2v) is 4.49. The Kier molecular flexibility index (Phi) is 4.43. The lowest BCUT2D eigenvalue weighted by Crippen LogP contribution is -2.31. The lowest BCUT2D eigenvalue weighted by Gasteiger charge is -2.15. The van der Waals surface area contributed by atoms with E-state index in [1.54, 1.807) is 19.1 Å². The zero-order valence-corrected chi connectivity index (χ0v) is 10.1. The molecule has 15 heavy (non-hydrogen) atoms. The van der Waals surface area contributed by atoms with E-state index in [2.05, 4.69) is 5.32 Å². The largest absolute Gasteiger partial charge is 0.348 e. The summed E-state index contributed by atoms with van der Waals surface area (Å²) in [5, 5.41) is 2.97. The van der Waals surface area contributed by atoms with Crippen molar-refractivity contribution in [2.45, 2.75) is 25.3 Å². The highest BCUT2D eigenvalue weighted by Gasteiger charge is 2.13. The second-order valence-electron chi connectivity index (χ2n) is 3.40. The predicted molar refractivity (Wildman–Crippen MR) is 63.3 cm³/mol. The maximum absolute atomic E-state index is 11.3. The van der Waals surface area contributed by atoms with Crippen LogP contribution in [0.4, 0.5) is 0 Å². The van der Waals surface area contributed by atoms with Gasteiger partial charge in [0.15, 0.2) is 0 Å². The Labute approximate surface area is 99.6 Å². The van der Waals surface area contributed by atoms with Crippen LogP contribution in [-0.2, 0) is 4.79 Å². The summed E-state index contributed by atoms with van der Waals surface area (Å²) in [5.74, 6) is -0.167. The van der Waals surface area contributed by atoms with Crippen molar-refractivity contribution in [3.05, 3.63) is 34.9 Å². The number of benzene rings is 1. The third-order valence-electron chi connectivity index (χ3n) is 2.09. The summed E-state index contributed by atoms with van der Waals surface area (Å²) in [6, 6.07) is 7.29. The molecule has 1 aromatic rings. The van der Waals surface area contributed by atoms with E-state index in [0.29, 0.717) is 5.02 Å². The molecular formula is C11H13Cl2NO. The first-order valence-corrected chi connectivity index (χ1v) is 5.52. The van der Waals surface area contributed by atoms with Crippen LogP contribution in [0.25, 0.3) is 0 Å². The average Bonchev–Trinajstić information content (AvgIpc) is 2.18. The van der Waals surface area contributed by atoms with Crippen molar-refractivity contribution in [1.82, 2.24) is 5.32 Å². The van der Waals surface area contributed by atoms with Crippen LogP contribution in [0, 0.1) is 0 Å². The number of nitrogens with one attached hydrogen (secondary N) is 1. The molecule has 4 heteroatoms. The van der Waals surface area contributed by atoms with Crippen LogP contribution in [0.5, 0.6) is 0 Å². The monoisotopic (exact) mass is 245 g/mol. The minimum atomic E-state index is -0.514. The fourth-order valence-electron chi connectivity index (χ4n) is 1.16. The minimum absolute atomic E-state index is 0.0593. The maximum atomic E-state index is 11.3. The van der Waals surface area contributed by atoms with Gasteiger partial charge in [0.1, 0.15) is 5.38 Å². The van der Waals surface area contributed by atoms with Crippen molar-refractivity contribution in [3.63, 3.8) is 0 Å². The van der Waals surface area contributed by atoms with Crippen molar-refractivity contribution < 1.29 is 4.79 Å². The van der Waals surface area contributed by atoms with Crippen LogP contribution in [0.15, 0.2) is 24.3 Å². The van der Waals surface area contributed by atoms with E-state index in [-0.39, 0.29) is 11.9 Å². The standard InChI is InChI=1S/C11H13Cl2NO/c1-7(12)11(15)14-8(2)9-3-5-10(13)6-4-9/h3-8H,1-2H3,(H,14,15)/t7?,8-/m1/s1. The van der Waals surface area contributed by atoms with Crippen LogP contribution in [0.3, 0.4) is 0 Å². The third-order valence-corrected chi connectivity index (χ3v) is 2.54. The highest BCUT2D eigenvalue weighted by Crippen LogP contribution is 2.16. The fraction of sp³-hybridized carbons (Fsp3) is 0.364. The molecule has 0 radical (unpaired) electrons. The van der Waals surface area contributed by atoms with Gasteiger partial charge in [-0.1, -0.05) is 23.7 Å². The van der Waals surface area contributed by atoms with Crippen molar-refractivity contribution in [2.24, 2.45) is 0 Å². The van der Waals surface area contributed by atoms with Gasteiger partial charge in [0, 0.05) is 5.02 Å². The summed E-state index contributed by atoms with van der Waals surface area (Å²) < 4.78 is 0. The molecule has 0 aromatic heterocycles. The SMILES string of the molecule is CC(Cl)C(=O)N[C@H](C)c1ccc(Cl)cc1. The third kappa shape index (κ3) is 3.73. The average molecular weight is 246 g/mol. The molecule has 0 heterocycles. The van der Waals surface area contributed by atoms with Crippen LogP contribution in [0.1, 0.15) is 25.5 Å². The molecule has 1 N–H and O–H groups in total. The molecule has 0 aliphatic rings. The molecule has 0 aliphatic heterocycles. The van der Waals surface area contributed by atoms with Gasteiger partial charge in [0.25, 0.3) is 0 Å². The van der Waals surface area contributed by atoms with Gasteiger partial charge >= 0.3 is 0 Å². The molecule has 0 saturated heterocycles. The normalized spacial score (nSPS) is 14.4. The molecule has 82 valence electrons. The zero-order valence-electron chi connectivity index (χ0n) is 8.63. The first-order valence-electron chi connectivity index (χ1n) is 4.70. The number of amides is 1. The Bertz CT molecular complexity index is 335. The molecule has 2 atom stereocenters. The molecule has 1 unspecified atom stereocenters. The summed E-state index contributed by atoms with van der Waals surface area (Å²) in [5.41, 5.74) is 1.00. The molecule has 0 bridgehead atoms. The molecule has 1 rings (SSSR count). The number of rotatable bonds is 3.